The lowest BCUT2D eigenvalue weighted by molar-refractivity contribution is 0.390. The minimum Gasteiger partial charge on any atom is -0.305 e. The van der Waals surface area contributed by atoms with Crippen LogP contribution in [0.3, 0.4) is 0 Å². The van der Waals surface area contributed by atoms with Crippen molar-refractivity contribution in [3.63, 3.8) is 0 Å². The molecule has 0 saturated heterocycles. The highest BCUT2D eigenvalue weighted by Crippen LogP contribution is 2.26. The van der Waals surface area contributed by atoms with E-state index in [1.165, 1.54) is 12.1 Å². The minimum atomic E-state index is -0.266. The Balaban J connectivity index is 2.58. The van der Waals surface area contributed by atoms with Gasteiger partial charge in [0.05, 0.1) is 5.88 Å². The predicted octanol–water partition coefficient (Wildman–Crippen LogP) is 3.58. The Kier molecular flexibility index (Phi) is 3.39. The summed E-state index contributed by atoms with van der Waals surface area (Å²) in [7, 11) is 0. The first kappa shape index (κ1) is 13.0. The summed E-state index contributed by atoms with van der Waals surface area (Å²) in [5.74, 6) is 1.45. The van der Waals surface area contributed by atoms with Gasteiger partial charge >= 0.3 is 0 Å². The van der Waals surface area contributed by atoms with Crippen LogP contribution in [0.4, 0.5) is 4.39 Å². The summed E-state index contributed by atoms with van der Waals surface area (Å²) in [6.07, 6.45) is 0. The van der Waals surface area contributed by atoms with Gasteiger partial charge in [-0.15, -0.1) is 21.8 Å². The van der Waals surface area contributed by atoms with E-state index in [-0.39, 0.29) is 11.4 Å². The third-order valence-corrected chi connectivity index (χ3v) is 2.86. The van der Waals surface area contributed by atoms with Crippen LogP contribution in [0.5, 0.6) is 0 Å². The molecule has 1 heterocycles. The Morgan fingerprint density at radius 1 is 1.17 bits per heavy atom. The van der Waals surface area contributed by atoms with E-state index in [0.717, 1.165) is 5.56 Å². The van der Waals surface area contributed by atoms with E-state index in [1.807, 2.05) is 4.57 Å². The second-order valence-electron chi connectivity index (χ2n) is 5.09. The van der Waals surface area contributed by atoms with Crippen molar-refractivity contribution in [2.24, 2.45) is 0 Å². The molecule has 0 atom stereocenters. The van der Waals surface area contributed by atoms with Crippen LogP contribution in [-0.2, 0) is 11.4 Å². The summed E-state index contributed by atoms with van der Waals surface area (Å²) in [5.41, 5.74) is 0.646. The summed E-state index contributed by atoms with van der Waals surface area (Å²) in [4.78, 5) is 0. The first-order valence-electron chi connectivity index (χ1n) is 5.70. The first-order chi connectivity index (χ1) is 8.43. The zero-order valence-corrected chi connectivity index (χ0v) is 11.4. The molecule has 0 saturated carbocycles. The maximum atomic E-state index is 12.9. The molecule has 5 heteroatoms. The predicted molar refractivity (Wildman–Crippen MR) is 70.0 cm³/mol. The lowest BCUT2D eigenvalue weighted by Gasteiger charge is -2.24. The van der Waals surface area contributed by atoms with Gasteiger partial charge in [0.1, 0.15) is 11.6 Å². The van der Waals surface area contributed by atoms with E-state index in [4.69, 9.17) is 11.6 Å². The fourth-order valence-corrected chi connectivity index (χ4v) is 2.07. The van der Waals surface area contributed by atoms with Crippen molar-refractivity contribution >= 4 is 11.6 Å². The highest BCUT2D eigenvalue weighted by Gasteiger charge is 2.23. The van der Waals surface area contributed by atoms with Crippen molar-refractivity contribution in [2.75, 3.05) is 0 Å². The van der Waals surface area contributed by atoms with Crippen LogP contribution in [0.15, 0.2) is 24.3 Å². The van der Waals surface area contributed by atoms with Gasteiger partial charge in [-0.2, -0.15) is 0 Å². The molecule has 0 unspecified atom stereocenters. The Hall–Kier alpha value is -1.42. The van der Waals surface area contributed by atoms with Gasteiger partial charge in [0, 0.05) is 11.1 Å². The van der Waals surface area contributed by atoms with Gasteiger partial charge in [-0.3, -0.25) is 0 Å². The molecule has 0 amide bonds. The molecule has 1 aromatic heterocycles. The molecule has 0 bridgehead atoms. The van der Waals surface area contributed by atoms with Crippen LogP contribution < -0.4 is 0 Å². The number of rotatable bonds is 2. The van der Waals surface area contributed by atoms with E-state index in [9.17, 15) is 4.39 Å². The third kappa shape index (κ3) is 2.38. The molecule has 0 N–H and O–H groups in total. The summed E-state index contributed by atoms with van der Waals surface area (Å²) in [6, 6.07) is 6.22. The molecular weight excluding hydrogens is 253 g/mol. The Morgan fingerprint density at radius 3 is 2.28 bits per heavy atom. The van der Waals surface area contributed by atoms with Crippen LogP contribution >= 0.6 is 11.6 Å². The van der Waals surface area contributed by atoms with Crippen LogP contribution in [0.2, 0.25) is 0 Å². The van der Waals surface area contributed by atoms with Crippen molar-refractivity contribution in [3.8, 4) is 11.4 Å². The maximum Gasteiger partial charge on any atom is 0.164 e. The van der Waals surface area contributed by atoms with Gasteiger partial charge in [-0.05, 0) is 45.0 Å². The summed E-state index contributed by atoms with van der Waals surface area (Å²) in [5, 5.41) is 8.25. The average molecular weight is 268 g/mol. The van der Waals surface area contributed by atoms with Crippen LogP contribution in [0.1, 0.15) is 26.6 Å². The van der Waals surface area contributed by atoms with E-state index in [0.29, 0.717) is 17.5 Å². The molecule has 0 aliphatic rings. The van der Waals surface area contributed by atoms with Crippen LogP contribution in [0.25, 0.3) is 11.4 Å². The average Bonchev–Trinajstić information content (AvgIpc) is 2.73. The second-order valence-corrected chi connectivity index (χ2v) is 5.35. The van der Waals surface area contributed by atoms with Crippen molar-refractivity contribution in [1.82, 2.24) is 14.8 Å². The van der Waals surface area contributed by atoms with Gasteiger partial charge in [-0.1, -0.05) is 0 Å². The van der Waals surface area contributed by atoms with Crippen LogP contribution in [0, 0.1) is 5.82 Å². The van der Waals surface area contributed by atoms with E-state index >= 15 is 0 Å². The molecule has 18 heavy (non-hydrogen) atoms. The van der Waals surface area contributed by atoms with Crippen molar-refractivity contribution in [3.05, 3.63) is 35.9 Å². The topological polar surface area (TPSA) is 30.7 Å². The number of benzene rings is 1. The molecule has 96 valence electrons. The number of alkyl halides is 1. The molecule has 0 fully saturated rings. The molecule has 2 aromatic rings. The van der Waals surface area contributed by atoms with Crippen LogP contribution in [-0.4, -0.2) is 14.8 Å². The smallest absolute Gasteiger partial charge is 0.164 e. The summed E-state index contributed by atoms with van der Waals surface area (Å²) < 4.78 is 14.9. The van der Waals surface area contributed by atoms with Crippen molar-refractivity contribution in [2.45, 2.75) is 32.2 Å². The normalized spacial score (nSPS) is 11.8. The highest BCUT2D eigenvalue weighted by molar-refractivity contribution is 6.16. The molecule has 0 spiro atoms. The summed E-state index contributed by atoms with van der Waals surface area (Å²) in [6.45, 7) is 6.16. The monoisotopic (exact) mass is 267 g/mol. The number of hydrogen-bond acceptors (Lipinski definition) is 2. The minimum absolute atomic E-state index is 0.183. The largest absolute Gasteiger partial charge is 0.305 e. The van der Waals surface area contributed by atoms with Crippen molar-refractivity contribution < 1.29 is 4.39 Å². The molecule has 3 nitrogen and oxygen atoms in total. The van der Waals surface area contributed by atoms with E-state index < -0.39 is 0 Å². The summed E-state index contributed by atoms with van der Waals surface area (Å²) >= 11 is 5.88. The fourth-order valence-electron chi connectivity index (χ4n) is 1.89. The number of nitrogens with zero attached hydrogens (tertiary/aromatic N) is 3. The SMILES string of the molecule is CC(C)(C)n1c(CCl)nnc1-c1ccc(F)cc1. The second kappa shape index (κ2) is 4.69. The third-order valence-electron chi connectivity index (χ3n) is 2.62. The Morgan fingerprint density at radius 2 is 1.78 bits per heavy atom. The van der Waals surface area contributed by atoms with Crippen molar-refractivity contribution in [1.29, 1.82) is 0 Å². The molecule has 0 aliphatic carbocycles. The molecule has 2 rings (SSSR count). The van der Waals surface area contributed by atoms with Gasteiger partial charge in [-0.25, -0.2) is 4.39 Å². The molecular formula is C13H15ClFN3. The fraction of sp³-hybridized carbons (Fsp3) is 0.385. The standard InChI is InChI=1S/C13H15ClFN3/c1-13(2,3)18-11(8-14)16-17-12(18)9-4-6-10(15)7-5-9/h4-7H,8H2,1-3H3. The lowest BCUT2D eigenvalue weighted by Crippen LogP contribution is -2.24. The highest BCUT2D eigenvalue weighted by atomic mass is 35.5. The van der Waals surface area contributed by atoms with Gasteiger partial charge in [0.2, 0.25) is 0 Å². The Labute approximate surface area is 111 Å². The first-order valence-corrected chi connectivity index (χ1v) is 6.23. The van der Waals surface area contributed by atoms with E-state index in [2.05, 4.69) is 31.0 Å². The number of aromatic nitrogens is 3. The van der Waals surface area contributed by atoms with E-state index in [1.54, 1.807) is 12.1 Å². The number of hydrogen-bond donors (Lipinski definition) is 0. The van der Waals surface area contributed by atoms with Gasteiger partial charge in [0.25, 0.3) is 0 Å². The number of halogens is 2. The maximum absolute atomic E-state index is 12.9. The molecule has 0 radical (unpaired) electrons. The lowest BCUT2D eigenvalue weighted by atomic mass is 10.1. The van der Waals surface area contributed by atoms with Gasteiger partial charge < -0.3 is 4.57 Å². The zero-order valence-electron chi connectivity index (χ0n) is 10.6. The molecule has 0 aliphatic heterocycles. The Bertz CT molecular complexity index is 540. The molecule has 1 aromatic carbocycles. The zero-order chi connectivity index (χ0) is 13.3. The van der Waals surface area contributed by atoms with Gasteiger partial charge in [0.15, 0.2) is 5.82 Å². The quantitative estimate of drug-likeness (QED) is 0.779.